The van der Waals surface area contributed by atoms with Crippen molar-refractivity contribution in [2.45, 2.75) is 6.61 Å². The van der Waals surface area contributed by atoms with Crippen LogP contribution in [-0.4, -0.2) is 15.9 Å². The van der Waals surface area contributed by atoms with Crippen LogP contribution < -0.4 is 0 Å². The third kappa shape index (κ3) is 3.30. The molecule has 6 nitrogen and oxygen atoms in total. The third-order valence-corrected chi connectivity index (χ3v) is 4.43. The molecule has 2 aromatic heterocycles. The lowest BCUT2D eigenvalue weighted by atomic mass is 10.2. The largest absolute Gasteiger partial charge is 0.457 e. The van der Waals surface area contributed by atoms with Gasteiger partial charge in [0.2, 0.25) is 0 Å². The molecule has 0 amide bonds. The Labute approximate surface area is 139 Å². The molecule has 0 bridgehead atoms. The lowest BCUT2D eigenvalue weighted by molar-refractivity contribution is -0.380. The number of carbonyl (C=O) groups excluding carboxylic acids is 1. The topological polar surface area (TPSA) is 82.3 Å². The van der Waals surface area contributed by atoms with E-state index in [1.807, 2.05) is 24.3 Å². The molecule has 0 saturated carbocycles. The first-order valence-electron chi connectivity index (χ1n) is 6.50. The number of hydrogen-bond donors (Lipinski definition) is 0. The highest BCUT2D eigenvalue weighted by Gasteiger charge is 2.17. The maximum absolute atomic E-state index is 11.9. The molecule has 8 heteroatoms. The number of thiophene rings is 1. The van der Waals surface area contributed by atoms with Crippen molar-refractivity contribution in [1.29, 1.82) is 0 Å². The van der Waals surface area contributed by atoms with Crippen LogP contribution in [0.4, 0.5) is 5.00 Å². The van der Waals surface area contributed by atoms with Crippen LogP contribution in [0, 0.1) is 10.1 Å². The van der Waals surface area contributed by atoms with Crippen molar-refractivity contribution < 1.29 is 14.5 Å². The van der Waals surface area contributed by atoms with Crippen molar-refractivity contribution in [2.75, 3.05) is 0 Å². The van der Waals surface area contributed by atoms with Crippen LogP contribution in [0.25, 0.3) is 10.9 Å². The monoisotopic (exact) mass is 348 g/mol. The van der Waals surface area contributed by atoms with Crippen molar-refractivity contribution in [2.24, 2.45) is 0 Å². The zero-order chi connectivity index (χ0) is 16.4. The molecule has 0 aliphatic carbocycles. The second kappa shape index (κ2) is 6.31. The minimum atomic E-state index is -0.632. The second-order valence-corrected chi connectivity index (χ2v) is 6.02. The van der Waals surface area contributed by atoms with Crippen molar-refractivity contribution >= 4 is 44.8 Å². The second-order valence-electron chi connectivity index (χ2n) is 4.60. The van der Waals surface area contributed by atoms with Gasteiger partial charge in [0.15, 0.2) is 0 Å². The van der Waals surface area contributed by atoms with Gasteiger partial charge in [0.1, 0.15) is 16.6 Å². The normalized spacial score (nSPS) is 10.7. The van der Waals surface area contributed by atoms with E-state index in [4.69, 9.17) is 16.3 Å². The fraction of sp³-hybridized carbons (Fsp3) is 0.0667. The van der Waals surface area contributed by atoms with E-state index in [1.54, 1.807) is 6.07 Å². The molecule has 1 aromatic carbocycles. The number of nitro groups is 1. The van der Waals surface area contributed by atoms with Gasteiger partial charge in [-0.3, -0.25) is 10.1 Å². The molecule has 0 saturated heterocycles. The van der Waals surface area contributed by atoms with Gasteiger partial charge < -0.3 is 4.74 Å². The Morgan fingerprint density at radius 2 is 2.09 bits per heavy atom. The highest BCUT2D eigenvalue weighted by Crippen LogP contribution is 2.26. The van der Waals surface area contributed by atoms with Crippen molar-refractivity contribution in [3.05, 3.63) is 68.2 Å². The van der Waals surface area contributed by atoms with Crippen LogP contribution in [0.15, 0.2) is 42.5 Å². The summed E-state index contributed by atoms with van der Waals surface area (Å²) in [5, 5.41) is 11.7. The molecule has 0 aliphatic rings. The highest BCUT2D eigenvalue weighted by molar-refractivity contribution is 7.17. The van der Waals surface area contributed by atoms with Gasteiger partial charge in [-0.25, -0.2) is 9.78 Å². The average Bonchev–Trinajstić information content (AvgIpc) is 3.03. The molecule has 23 heavy (non-hydrogen) atoms. The van der Waals surface area contributed by atoms with Gasteiger partial charge in [0.05, 0.1) is 10.4 Å². The van der Waals surface area contributed by atoms with E-state index in [0.29, 0.717) is 5.56 Å². The quantitative estimate of drug-likeness (QED) is 0.305. The minimum Gasteiger partial charge on any atom is -0.457 e. The van der Waals surface area contributed by atoms with Gasteiger partial charge in [-0.2, -0.15) is 0 Å². The van der Waals surface area contributed by atoms with Gasteiger partial charge in [0, 0.05) is 17.0 Å². The predicted octanol–water partition coefficient (Wildman–Crippen LogP) is 4.21. The summed E-state index contributed by atoms with van der Waals surface area (Å²) >= 11 is 6.86. The van der Waals surface area contributed by atoms with Crippen LogP contribution in [0.5, 0.6) is 0 Å². The van der Waals surface area contributed by atoms with Crippen LogP contribution in [0.3, 0.4) is 0 Å². The van der Waals surface area contributed by atoms with E-state index < -0.39 is 10.9 Å². The number of halogens is 1. The summed E-state index contributed by atoms with van der Waals surface area (Å²) < 4.78 is 5.16. The third-order valence-electron chi connectivity index (χ3n) is 3.08. The maximum atomic E-state index is 11.9. The molecule has 0 radical (unpaired) electrons. The Bertz CT molecular complexity index is 909. The summed E-state index contributed by atoms with van der Waals surface area (Å²) in [6, 6.07) is 11.9. The molecule has 0 unspecified atom stereocenters. The van der Waals surface area contributed by atoms with Crippen molar-refractivity contribution in [3.8, 4) is 0 Å². The van der Waals surface area contributed by atoms with Crippen LogP contribution in [0.2, 0.25) is 5.15 Å². The summed E-state index contributed by atoms with van der Waals surface area (Å²) in [6.45, 7) is -0.0544. The number of rotatable bonds is 4. The van der Waals surface area contributed by atoms with Gasteiger partial charge in [0.25, 0.3) is 0 Å². The Morgan fingerprint density at radius 3 is 2.83 bits per heavy atom. The molecular formula is C15H9ClN2O4S. The van der Waals surface area contributed by atoms with Gasteiger partial charge in [-0.1, -0.05) is 41.1 Å². The SMILES string of the molecule is O=C(OCc1cc2ccccc2nc1Cl)c1ccc([N+](=O)[O-])s1. The predicted molar refractivity (Wildman–Crippen MR) is 86.8 cm³/mol. The molecule has 3 rings (SSSR count). The number of para-hydroxylation sites is 1. The number of aromatic nitrogens is 1. The molecular weight excluding hydrogens is 340 g/mol. The lowest BCUT2D eigenvalue weighted by Gasteiger charge is -2.06. The summed E-state index contributed by atoms with van der Waals surface area (Å²) in [7, 11) is 0. The standard InChI is InChI=1S/C15H9ClN2O4S/c16-14-10(7-9-3-1-2-4-11(9)17-14)8-22-15(19)12-5-6-13(23-12)18(20)21/h1-7H,8H2. The number of ether oxygens (including phenoxy) is 1. The van der Waals surface area contributed by atoms with E-state index in [1.165, 1.54) is 12.1 Å². The molecule has 3 aromatic rings. The van der Waals surface area contributed by atoms with Crippen LogP contribution in [-0.2, 0) is 11.3 Å². The average molecular weight is 349 g/mol. The zero-order valence-corrected chi connectivity index (χ0v) is 13.1. The van der Waals surface area contributed by atoms with Gasteiger partial charge in [-0.15, -0.1) is 0 Å². The molecule has 0 atom stereocenters. The molecule has 0 aliphatic heterocycles. The molecule has 116 valence electrons. The number of hydrogen-bond acceptors (Lipinski definition) is 6. The summed E-state index contributed by atoms with van der Waals surface area (Å²) in [5.41, 5.74) is 1.33. The molecule has 2 heterocycles. The zero-order valence-electron chi connectivity index (χ0n) is 11.6. The minimum absolute atomic E-state index is 0.0544. The van der Waals surface area contributed by atoms with E-state index in [2.05, 4.69) is 4.98 Å². The van der Waals surface area contributed by atoms with Crippen molar-refractivity contribution in [1.82, 2.24) is 4.98 Å². The van der Waals surface area contributed by atoms with Gasteiger partial charge in [-0.05, 0) is 18.2 Å². The van der Waals surface area contributed by atoms with Crippen LogP contribution in [0.1, 0.15) is 15.2 Å². The first-order valence-corrected chi connectivity index (χ1v) is 7.69. The van der Waals surface area contributed by atoms with E-state index in [-0.39, 0.29) is 21.6 Å². The molecule has 0 fully saturated rings. The Hall–Kier alpha value is -2.51. The number of carbonyl (C=O) groups is 1. The van der Waals surface area contributed by atoms with E-state index in [0.717, 1.165) is 22.2 Å². The molecule has 0 N–H and O–H groups in total. The highest BCUT2D eigenvalue weighted by atomic mass is 35.5. The first-order chi connectivity index (χ1) is 11.0. The number of pyridine rings is 1. The smallest absolute Gasteiger partial charge is 0.348 e. The fourth-order valence-corrected chi connectivity index (χ4v) is 2.90. The summed E-state index contributed by atoms with van der Waals surface area (Å²) in [4.78, 5) is 26.4. The number of benzene rings is 1. The van der Waals surface area contributed by atoms with Crippen LogP contribution >= 0.6 is 22.9 Å². The van der Waals surface area contributed by atoms with E-state index >= 15 is 0 Å². The lowest BCUT2D eigenvalue weighted by Crippen LogP contribution is -2.04. The molecule has 0 spiro atoms. The Morgan fingerprint density at radius 1 is 1.30 bits per heavy atom. The van der Waals surface area contributed by atoms with E-state index in [9.17, 15) is 14.9 Å². The number of fused-ring (bicyclic) bond motifs is 1. The number of esters is 1. The number of nitrogens with zero attached hydrogens (tertiary/aromatic N) is 2. The Balaban J connectivity index is 1.75. The van der Waals surface area contributed by atoms with Crippen molar-refractivity contribution in [3.63, 3.8) is 0 Å². The summed E-state index contributed by atoms with van der Waals surface area (Å²) in [6.07, 6.45) is 0. The fourth-order valence-electron chi connectivity index (χ4n) is 1.99. The maximum Gasteiger partial charge on any atom is 0.348 e. The summed E-state index contributed by atoms with van der Waals surface area (Å²) in [5.74, 6) is -0.632. The Kier molecular flexibility index (Phi) is 4.22. The first kappa shape index (κ1) is 15.4. The van der Waals surface area contributed by atoms with Gasteiger partial charge >= 0.3 is 11.0 Å².